The van der Waals surface area contributed by atoms with Crippen LogP contribution in [0.25, 0.3) is 31.7 Å². The standard InChI is InChI=1S/C18H13N3OS2/c19-21-18(23)20-13-10-14(11-6-2-1-3-7-11)22-16-12-8-4-5-9-15(12)24-17(13)16/h1-10H,19H2,(H,21,23)/b20-13-. The molecule has 0 aliphatic rings. The zero-order valence-electron chi connectivity index (χ0n) is 12.5. The van der Waals surface area contributed by atoms with Gasteiger partial charge in [0.15, 0.2) is 5.58 Å². The van der Waals surface area contributed by atoms with Crippen LogP contribution in [0.3, 0.4) is 0 Å². The van der Waals surface area contributed by atoms with Crippen LogP contribution in [0.4, 0.5) is 0 Å². The Hall–Kier alpha value is -2.54. The Bertz CT molecular complexity index is 1110. The van der Waals surface area contributed by atoms with E-state index in [1.165, 1.54) is 0 Å². The normalized spacial score (nSPS) is 12.0. The van der Waals surface area contributed by atoms with E-state index in [0.29, 0.717) is 0 Å². The van der Waals surface area contributed by atoms with Crippen LogP contribution >= 0.6 is 23.6 Å². The SMILES string of the molecule is NNC(=S)/N=c1/cc(-c2ccccc2)oc2c1sc1ccccc12. The number of hydrogen-bond donors (Lipinski definition) is 2. The summed E-state index contributed by atoms with van der Waals surface area (Å²) in [5, 5.41) is 2.05. The molecular formula is C18H13N3OS2. The average molecular weight is 351 g/mol. The molecule has 0 saturated heterocycles. The lowest BCUT2D eigenvalue weighted by molar-refractivity contribution is 0.623. The maximum Gasteiger partial charge on any atom is 0.207 e. The van der Waals surface area contributed by atoms with Crippen LogP contribution in [0.15, 0.2) is 70.1 Å². The number of hydrogen-bond acceptors (Lipinski definition) is 4. The summed E-state index contributed by atoms with van der Waals surface area (Å²) < 4.78 is 8.31. The van der Waals surface area contributed by atoms with E-state index in [2.05, 4.69) is 22.6 Å². The summed E-state index contributed by atoms with van der Waals surface area (Å²) in [6.07, 6.45) is 0. The minimum atomic E-state index is 0.235. The fourth-order valence-corrected chi connectivity index (χ4v) is 3.78. The molecule has 0 unspecified atom stereocenters. The largest absolute Gasteiger partial charge is 0.454 e. The van der Waals surface area contributed by atoms with Crippen LogP contribution < -0.4 is 16.6 Å². The van der Waals surface area contributed by atoms with Crippen molar-refractivity contribution in [3.63, 3.8) is 0 Å². The number of benzene rings is 2. The van der Waals surface area contributed by atoms with Crippen molar-refractivity contribution in [1.82, 2.24) is 5.43 Å². The molecule has 0 fully saturated rings. The smallest absolute Gasteiger partial charge is 0.207 e. The third-order valence-corrected chi connectivity index (χ3v) is 5.05. The molecule has 2 heterocycles. The van der Waals surface area contributed by atoms with Crippen molar-refractivity contribution in [2.45, 2.75) is 0 Å². The molecule has 2 aromatic carbocycles. The van der Waals surface area contributed by atoms with E-state index in [1.54, 1.807) is 11.3 Å². The number of fused-ring (bicyclic) bond motifs is 3. The first-order valence-electron chi connectivity index (χ1n) is 7.32. The van der Waals surface area contributed by atoms with E-state index in [1.807, 2.05) is 48.5 Å². The maximum absolute atomic E-state index is 6.21. The van der Waals surface area contributed by atoms with Gasteiger partial charge in [-0.25, -0.2) is 10.8 Å². The molecule has 0 atom stereocenters. The molecule has 0 spiro atoms. The number of nitrogens with two attached hydrogens (primary N) is 1. The van der Waals surface area contributed by atoms with Crippen molar-refractivity contribution in [2.24, 2.45) is 10.8 Å². The number of nitrogens with one attached hydrogen (secondary N) is 1. The monoisotopic (exact) mass is 351 g/mol. The van der Waals surface area contributed by atoms with Gasteiger partial charge in [-0.05, 0) is 24.4 Å². The first kappa shape index (κ1) is 15.0. The minimum absolute atomic E-state index is 0.235. The molecule has 4 nitrogen and oxygen atoms in total. The highest BCUT2D eigenvalue weighted by molar-refractivity contribution is 7.80. The molecule has 4 rings (SSSR count). The van der Waals surface area contributed by atoms with Crippen LogP contribution in [0.1, 0.15) is 0 Å². The number of thiocarbonyl (C=S) groups is 1. The highest BCUT2D eigenvalue weighted by atomic mass is 32.1. The zero-order chi connectivity index (χ0) is 16.5. The van der Waals surface area contributed by atoms with Gasteiger partial charge in [0.1, 0.15) is 5.76 Å². The van der Waals surface area contributed by atoms with Gasteiger partial charge in [-0.3, -0.25) is 5.43 Å². The lowest BCUT2D eigenvalue weighted by Crippen LogP contribution is -2.28. The van der Waals surface area contributed by atoms with Crippen molar-refractivity contribution >= 4 is 49.0 Å². The zero-order valence-corrected chi connectivity index (χ0v) is 14.2. The van der Waals surface area contributed by atoms with E-state index in [4.69, 9.17) is 22.5 Å². The van der Waals surface area contributed by atoms with Crippen molar-refractivity contribution in [3.05, 3.63) is 66.0 Å². The highest BCUT2D eigenvalue weighted by Crippen LogP contribution is 2.34. The van der Waals surface area contributed by atoms with Gasteiger partial charge in [-0.15, -0.1) is 11.3 Å². The summed E-state index contributed by atoms with van der Waals surface area (Å²) >= 11 is 6.74. The second-order valence-electron chi connectivity index (χ2n) is 5.18. The Morgan fingerprint density at radius 2 is 1.83 bits per heavy atom. The summed E-state index contributed by atoms with van der Waals surface area (Å²) in [5.41, 5.74) is 4.21. The van der Waals surface area contributed by atoms with Gasteiger partial charge in [0.05, 0.1) is 10.1 Å². The molecule has 0 saturated carbocycles. The van der Waals surface area contributed by atoms with Crippen molar-refractivity contribution in [1.29, 1.82) is 0 Å². The third kappa shape index (κ3) is 2.60. The Morgan fingerprint density at radius 1 is 1.08 bits per heavy atom. The Kier molecular flexibility index (Phi) is 3.86. The molecule has 0 aliphatic carbocycles. The van der Waals surface area contributed by atoms with Gasteiger partial charge in [-0.2, -0.15) is 0 Å². The predicted octanol–water partition coefficient (Wildman–Crippen LogP) is 3.96. The Balaban J connectivity index is 2.11. The maximum atomic E-state index is 6.21. The van der Waals surface area contributed by atoms with E-state index < -0.39 is 0 Å². The minimum Gasteiger partial charge on any atom is -0.454 e. The van der Waals surface area contributed by atoms with E-state index in [0.717, 1.165) is 37.1 Å². The lowest BCUT2D eigenvalue weighted by atomic mass is 10.1. The van der Waals surface area contributed by atoms with Crippen molar-refractivity contribution in [3.8, 4) is 11.3 Å². The fourth-order valence-electron chi connectivity index (χ4n) is 2.59. The molecule has 0 bridgehead atoms. The van der Waals surface area contributed by atoms with E-state index >= 15 is 0 Å². The first-order chi connectivity index (χ1) is 11.8. The first-order valence-corrected chi connectivity index (χ1v) is 8.55. The van der Waals surface area contributed by atoms with Gasteiger partial charge in [0.2, 0.25) is 5.11 Å². The van der Waals surface area contributed by atoms with Gasteiger partial charge < -0.3 is 4.42 Å². The quantitative estimate of drug-likeness (QED) is 0.309. The molecule has 0 aliphatic heterocycles. The van der Waals surface area contributed by atoms with E-state index in [-0.39, 0.29) is 5.11 Å². The van der Waals surface area contributed by atoms with E-state index in [9.17, 15) is 0 Å². The Morgan fingerprint density at radius 3 is 2.62 bits per heavy atom. The second kappa shape index (κ2) is 6.16. The number of thiophene rings is 1. The number of nitrogens with zero attached hydrogens (tertiary/aromatic N) is 1. The highest BCUT2D eigenvalue weighted by Gasteiger charge is 2.12. The van der Waals surface area contributed by atoms with Crippen LogP contribution in [0, 0.1) is 0 Å². The van der Waals surface area contributed by atoms with Crippen LogP contribution in [-0.2, 0) is 0 Å². The topological polar surface area (TPSA) is 63.5 Å². The average Bonchev–Trinajstić information content (AvgIpc) is 3.01. The van der Waals surface area contributed by atoms with Gasteiger partial charge >= 0.3 is 0 Å². The van der Waals surface area contributed by atoms with Crippen LogP contribution in [-0.4, -0.2) is 5.11 Å². The summed E-state index contributed by atoms with van der Waals surface area (Å²) in [6, 6.07) is 20.0. The summed E-state index contributed by atoms with van der Waals surface area (Å²) in [5.74, 6) is 6.12. The molecule has 3 N–H and O–H groups in total. The second-order valence-corrected chi connectivity index (χ2v) is 6.62. The molecule has 6 heteroatoms. The molecule has 24 heavy (non-hydrogen) atoms. The summed E-state index contributed by atoms with van der Waals surface area (Å²) in [7, 11) is 0. The third-order valence-electron chi connectivity index (χ3n) is 3.67. The summed E-state index contributed by atoms with van der Waals surface area (Å²) in [4.78, 5) is 4.43. The Labute approximate surface area is 147 Å². The van der Waals surface area contributed by atoms with Crippen LogP contribution in [0.2, 0.25) is 0 Å². The molecule has 0 amide bonds. The van der Waals surface area contributed by atoms with Crippen molar-refractivity contribution < 1.29 is 4.42 Å². The lowest BCUT2D eigenvalue weighted by Gasteiger charge is -2.03. The fraction of sp³-hybridized carbons (Fsp3) is 0. The summed E-state index contributed by atoms with van der Waals surface area (Å²) in [6.45, 7) is 0. The molecule has 0 radical (unpaired) electrons. The molecule has 4 aromatic rings. The van der Waals surface area contributed by atoms with Gasteiger partial charge in [0.25, 0.3) is 0 Å². The molecule has 2 aromatic heterocycles. The van der Waals surface area contributed by atoms with Gasteiger partial charge in [-0.1, -0.05) is 42.5 Å². The number of rotatable bonds is 1. The number of hydrazine groups is 1. The van der Waals surface area contributed by atoms with Gasteiger partial charge in [0, 0.05) is 21.7 Å². The molecule has 118 valence electrons. The van der Waals surface area contributed by atoms with Crippen molar-refractivity contribution in [2.75, 3.05) is 0 Å². The molecular weight excluding hydrogens is 338 g/mol. The van der Waals surface area contributed by atoms with Crippen LogP contribution in [0.5, 0.6) is 0 Å². The predicted molar refractivity (Wildman–Crippen MR) is 103 cm³/mol.